The number of fused-ring (bicyclic) bond motifs is 1. The van der Waals surface area contributed by atoms with Gasteiger partial charge in [0.05, 0.1) is 29.0 Å². The largest absolute Gasteiger partial charge is 0.438 e. The lowest BCUT2D eigenvalue weighted by molar-refractivity contribution is 0.448. The molecule has 0 radical (unpaired) electrons. The van der Waals surface area contributed by atoms with Crippen LogP contribution in [0.1, 0.15) is 33.5 Å². The highest BCUT2D eigenvalue weighted by Gasteiger charge is 2.20. The highest BCUT2D eigenvalue weighted by atomic mass is 16.5. The van der Waals surface area contributed by atoms with Gasteiger partial charge in [0.2, 0.25) is 11.8 Å². The number of nitriles is 2. The highest BCUT2D eigenvalue weighted by molar-refractivity contribution is 5.57. The van der Waals surface area contributed by atoms with Crippen LogP contribution >= 0.6 is 0 Å². The average molecular weight is 410 g/mol. The number of nitrogens with one attached hydrogen (secondary N) is 2. The first kappa shape index (κ1) is 20.3. The molecule has 0 atom stereocenters. The summed E-state index contributed by atoms with van der Waals surface area (Å²) in [6, 6.07) is 15.1. The van der Waals surface area contributed by atoms with Crippen LogP contribution in [0.5, 0.6) is 11.6 Å². The minimum absolute atomic E-state index is 0.448. The Morgan fingerprint density at radius 2 is 1.61 bits per heavy atom. The molecule has 7 nitrogen and oxygen atoms in total. The predicted octanol–water partition coefficient (Wildman–Crippen LogP) is 4.06. The molecule has 0 bridgehead atoms. The Bertz CT molecular complexity index is 1180. The number of aryl methyl sites for hydroxylation is 2. The molecule has 2 N–H and O–H groups in total. The van der Waals surface area contributed by atoms with Crippen LogP contribution in [0, 0.1) is 36.5 Å². The van der Waals surface area contributed by atoms with Crippen molar-refractivity contribution in [1.82, 2.24) is 15.3 Å². The Kier molecular flexibility index (Phi) is 5.79. The lowest BCUT2D eigenvalue weighted by Gasteiger charge is -2.17. The van der Waals surface area contributed by atoms with E-state index < -0.39 is 0 Å². The second-order valence-electron chi connectivity index (χ2n) is 7.49. The molecule has 31 heavy (non-hydrogen) atoms. The Morgan fingerprint density at radius 3 is 2.29 bits per heavy atom. The molecule has 0 spiro atoms. The molecular formula is C24H22N6O. The van der Waals surface area contributed by atoms with Crippen LogP contribution in [-0.2, 0) is 12.8 Å². The fraction of sp³-hybridized carbons (Fsp3) is 0.250. The molecule has 0 amide bonds. The van der Waals surface area contributed by atoms with E-state index in [1.165, 1.54) is 0 Å². The molecule has 4 rings (SSSR count). The summed E-state index contributed by atoms with van der Waals surface area (Å²) < 4.78 is 6.34. The standard InChI is InChI=1S/C24H22N6O/c1-15-11-18(14-26)12-16(2)22(15)31-23-20-7-9-27-10-8-21(20)29-24(30-23)28-19-5-3-17(13-25)4-6-19/h3-6,11-12,27H,7-10H2,1-2H3,(H,28,29,30). The maximum Gasteiger partial charge on any atom is 0.230 e. The Balaban J connectivity index is 1.73. The minimum atomic E-state index is 0.448. The molecule has 1 aliphatic rings. The topological polar surface area (TPSA) is 107 Å². The van der Waals surface area contributed by atoms with Crippen molar-refractivity contribution in [2.75, 3.05) is 18.4 Å². The van der Waals surface area contributed by atoms with Crippen LogP contribution in [0.25, 0.3) is 0 Å². The Labute approximate surface area is 181 Å². The van der Waals surface area contributed by atoms with Gasteiger partial charge in [-0.1, -0.05) is 0 Å². The van der Waals surface area contributed by atoms with Gasteiger partial charge in [-0.2, -0.15) is 15.5 Å². The predicted molar refractivity (Wildman–Crippen MR) is 117 cm³/mol. The quantitative estimate of drug-likeness (QED) is 0.668. The zero-order valence-electron chi connectivity index (χ0n) is 17.5. The maximum absolute atomic E-state index is 9.22. The lowest BCUT2D eigenvalue weighted by atomic mass is 10.1. The molecule has 7 heteroatoms. The van der Waals surface area contributed by atoms with Crippen LogP contribution in [0.15, 0.2) is 36.4 Å². The van der Waals surface area contributed by atoms with Gasteiger partial charge in [0.25, 0.3) is 0 Å². The fourth-order valence-corrected chi connectivity index (χ4v) is 3.68. The van der Waals surface area contributed by atoms with Crippen LogP contribution in [0.4, 0.5) is 11.6 Å². The monoisotopic (exact) mass is 410 g/mol. The third kappa shape index (κ3) is 4.48. The first-order valence-electron chi connectivity index (χ1n) is 10.1. The van der Waals surface area contributed by atoms with E-state index in [0.29, 0.717) is 28.7 Å². The van der Waals surface area contributed by atoms with E-state index in [1.807, 2.05) is 38.1 Å². The summed E-state index contributed by atoms with van der Waals surface area (Å²) in [6.07, 6.45) is 1.55. The van der Waals surface area contributed by atoms with E-state index in [9.17, 15) is 5.26 Å². The van der Waals surface area contributed by atoms with E-state index in [-0.39, 0.29) is 0 Å². The minimum Gasteiger partial charge on any atom is -0.438 e. The first-order chi connectivity index (χ1) is 15.1. The van der Waals surface area contributed by atoms with E-state index in [2.05, 4.69) is 27.8 Å². The molecule has 1 aliphatic heterocycles. The lowest BCUT2D eigenvalue weighted by Crippen LogP contribution is -2.16. The second-order valence-corrected chi connectivity index (χ2v) is 7.49. The van der Waals surface area contributed by atoms with Gasteiger partial charge in [-0.05, 0) is 74.3 Å². The van der Waals surface area contributed by atoms with E-state index in [4.69, 9.17) is 15.0 Å². The highest BCUT2D eigenvalue weighted by Crippen LogP contribution is 2.33. The van der Waals surface area contributed by atoms with Gasteiger partial charge in [0, 0.05) is 24.2 Å². The number of aromatic nitrogens is 2. The van der Waals surface area contributed by atoms with Crippen molar-refractivity contribution in [3.8, 4) is 23.8 Å². The number of anilines is 2. The number of nitrogens with zero attached hydrogens (tertiary/aromatic N) is 4. The molecule has 0 saturated carbocycles. The Hall–Kier alpha value is -3.94. The molecule has 0 fully saturated rings. The van der Waals surface area contributed by atoms with Crippen molar-refractivity contribution in [1.29, 1.82) is 10.5 Å². The van der Waals surface area contributed by atoms with Crippen LogP contribution < -0.4 is 15.4 Å². The number of rotatable bonds is 4. The number of hydrogen-bond acceptors (Lipinski definition) is 7. The summed E-state index contributed by atoms with van der Waals surface area (Å²) >= 11 is 0. The molecule has 2 heterocycles. The summed E-state index contributed by atoms with van der Waals surface area (Å²) in [5.41, 5.74) is 5.72. The van der Waals surface area contributed by atoms with Gasteiger partial charge in [-0.3, -0.25) is 0 Å². The number of hydrogen-bond donors (Lipinski definition) is 2. The van der Waals surface area contributed by atoms with Crippen molar-refractivity contribution in [3.05, 3.63) is 69.9 Å². The van der Waals surface area contributed by atoms with E-state index in [0.717, 1.165) is 54.0 Å². The normalized spacial score (nSPS) is 12.8. The van der Waals surface area contributed by atoms with Crippen LogP contribution in [-0.4, -0.2) is 23.1 Å². The average Bonchev–Trinajstić information content (AvgIpc) is 3.02. The van der Waals surface area contributed by atoms with E-state index >= 15 is 0 Å². The number of ether oxygens (including phenoxy) is 1. The van der Waals surface area contributed by atoms with Gasteiger partial charge >= 0.3 is 0 Å². The van der Waals surface area contributed by atoms with Crippen molar-refractivity contribution in [3.63, 3.8) is 0 Å². The van der Waals surface area contributed by atoms with Crippen molar-refractivity contribution in [2.24, 2.45) is 0 Å². The third-order valence-electron chi connectivity index (χ3n) is 5.20. The second kappa shape index (κ2) is 8.83. The molecular weight excluding hydrogens is 388 g/mol. The van der Waals surface area contributed by atoms with Gasteiger partial charge in [0.15, 0.2) is 0 Å². The molecule has 0 aliphatic carbocycles. The third-order valence-corrected chi connectivity index (χ3v) is 5.20. The Morgan fingerprint density at radius 1 is 0.935 bits per heavy atom. The summed E-state index contributed by atoms with van der Waals surface area (Å²) in [6.45, 7) is 5.54. The zero-order valence-corrected chi connectivity index (χ0v) is 17.5. The summed E-state index contributed by atoms with van der Waals surface area (Å²) in [5, 5.41) is 24.8. The fourth-order valence-electron chi connectivity index (χ4n) is 3.68. The molecule has 2 aromatic carbocycles. The molecule has 0 unspecified atom stereocenters. The van der Waals surface area contributed by atoms with Crippen molar-refractivity contribution >= 4 is 11.6 Å². The molecule has 1 aromatic heterocycles. The molecule has 154 valence electrons. The zero-order chi connectivity index (χ0) is 21.8. The smallest absolute Gasteiger partial charge is 0.230 e. The molecule has 3 aromatic rings. The van der Waals surface area contributed by atoms with Crippen molar-refractivity contribution < 1.29 is 4.74 Å². The molecule has 0 saturated heterocycles. The van der Waals surface area contributed by atoms with Gasteiger partial charge in [0.1, 0.15) is 5.75 Å². The first-order valence-corrected chi connectivity index (χ1v) is 10.1. The van der Waals surface area contributed by atoms with Gasteiger partial charge < -0.3 is 15.4 Å². The van der Waals surface area contributed by atoms with Crippen molar-refractivity contribution in [2.45, 2.75) is 26.7 Å². The summed E-state index contributed by atoms with van der Waals surface area (Å²) in [5.74, 6) is 1.69. The van der Waals surface area contributed by atoms with Gasteiger partial charge in [-0.25, -0.2) is 4.98 Å². The maximum atomic E-state index is 9.22. The SMILES string of the molecule is Cc1cc(C#N)cc(C)c1Oc1nc(Nc2ccc(C#N)cc2)nc2c1CCNCC2. The number of benzene rings is 2. The summed E-state index contributed by atoms with van der Waals surface area (Å²) in [4.78, 5) is 9.42. The van der Waals surface area contributed by atoms with Gasteiger partial charge in [-0.15, -0.1) is 0 Å². The van der Waals surface area contributed by atoms with E-state index in [1.54, 1.807) is 12.1 Å². The van der Waals surface area contributed by atoms with Crippen LogP contribution in [0.3, 0.4) is 0 Å². The van der Waals surface area contributed by atoms with Crippen LogP contribution in [0.2, 0.25) is 0 Å². The summed E-state index contributed by atoms with van der Waals surface area (Å²) in [7, 11) is 0.